The van der Waals surface area contributed by atoms with E-state index in [1.54, 1.807) is 0 Å². The van der Waals surface area contributed by atoms with Crippen LogP contribution in [0.15, 0.2) is 24.3 Å². The summed E-state index contributed by atoms with van der Waals surface area (Å²) in [7, 11) is 0. The fourth-order valence-corrected chi connectivity index (χ4v) is 4.21. The second kappa shape index (κ2) is 9.67. The number of aryl methyl sites for hydroxylation is 1. The minimum atomic E-state index is -0.708. The summed E-state index contributed by atoms with van der Waals surface area (Å²) in [5.74, 6) is 0.144. The number of likely N-dealkylation sites (tertiary alicyclic amines) is 2. The van der Waals surface area contributed by atoms with Crippen LogP contribution < -0.4 is 5.32 Å². The number of carbonyl (C=O) groups is 1. The first-order valence-electron chi connectivity index (χ1n) is 10.6. The summed E-state index contributed by atoms with van der Waals surface area (Å²) in [6.07, 6.45) is 6.51. The lowest BCUT2D eigenvalue weighted by Gasteiger charge is -2.38. The molecule has 2 saturated heterocycles. The zero-order valence-corrected chi connectivity index (χ0v) is 16.8. The third-order valence-corrected chi connectivity index (χ3v) is 6.09. The van der Waals surface area contributed by atoms with E-state index in [0.717, 1.165) is 51.1 Å². The normalized spacial score (nSPS) is 21.6. The highest BCUT2D eigenvalue weighted by Crippen LogP contribution is 2.32. The molecule has 1 amide bonds. The number of nitrogens with zero attached hydrogens (tertiary/aromatic N) is 2. The fraction of sp³-hybridized carbons (Fsp3) is 0.682. The minimum absolute atomic E-state index is 0.144. The number of aliphatic hydroxyl groups is 1. The number of piperidine rings is 1. The Balaban J connectivity index is 1.35. The highest BCUT2D eigenvalue weighted by Gasteiger charge is 2.33. The number of benzene rings is 1. The number of amides is 1. The van der Waals surface area contributed by atoms with Gasteiger partial charge >= 0.3 is 0 Å². The van der Waals surface area contributed by atoms with E-state index in [0.29, 0.717) is 13.1 Å². The molecular weight excluding hydrogens is 338 g/mol. The maximum absolute atomic E-state index is 12.2. The summed E-state index contributed by atoms with van der Waals surface area (Å²) in [5.41, 5.74) is 1.54. The van der Waals surface area contributed by atoms with Crippen LogP contribution in [0.3, 0.4) is 0 Å². The lowest BCUT2D eigenvalue weighted by atomic mass is 9.84. The molecule has 5 nitrogen and oxygen atoms in total. The Morgan fingerprint density at radius 1 is 1.00 bits per heavy atom. The second-order valence-electron chi connectivity index (χ2n) is 8.28. The molecule has 2 heterocycles. The summed E-state index contributed by atoms with van der Waals surface area (Å²) in [4.78, 5) is 16.8. The van der Waals surface area contributed by atoms with Crippen molar-refractivity contribution in [2.24, 2.45) is 0 Å². The lowest BCUT2D eigenvalue weighted by Crippen LogP contribution is -2.46. The number of nitrogens with one attached hydrogen (secondary N) is 1. The summed E-state index contributed by atoms with van der Waals surface area (Å²) < 4.78 is 0. The number of hydrogen-bond acceptors (Lipinski definition) is 4. The zero-order valence-electron chi connectivity index (χ0n) is 16.8. The van der Waals surface area contributed by atoms with Gasteiger partial charge in [0.15, 0.2) is 0 Å². The minimum Gasteiger partial charge on any atom is -0.385 e. The van der Waals surface area contributed by atoms with E-state index in [1.807, 2.05) is 12.1 Å². The van der Waals surface area contributed by atoms with Crippen LogP contribution in [0.1, 0.15) is 49.7 Å². The highest BCUT2D eigenvalue weighted by atomic mass is 16.3. The molecule has 2 fully saturated rings. The van der Waals surface area contributed by atoms with Gasteiger partial charge in [0, 0.05) is 26.2 Å². The topological polar surface area (TPSA) is 55.8 Å². The summed E-state index contributed by atoms with van der Waals surface area (Å²) in [6.45, 7) is 7.99. The molecular formula is C22H35N3O2. The molecule has 2 aliphatic heterocycles. The van der Waals surface area contributed by atoms with Gasteiger partial charge in [0.2, 0.25) is 5.91 Å². The molecule has 1 aromatic carbocycles. The van der Waals surface area contributed by atoms with Crippen molar-refractivity contribution in [1.29, 1.82) is 0 Å². The number of carbonyl (C=O) groups excluding carboxylic acids is 1. The van der Waals surface area contributed by atoms with Crippen molar-refractivity contribution in [3.05, 3.63) is 35.4 Å². The van der Waals surface area contributed by atoms with Crippen molar-refractivity contribution < 1.29 is 9.90 Å². The van der Waals surface area contributed by atoms with Gasteiger partial charge in [-0.2, -0.15) is 0 Å². The van der Waals surface area contributed by atoms with E-state index in [4.69, 9.17) is 0 Å². The Morgan fingerprint density at radius 2 is 1.63 bits per heavy atom. The number of rotatable bonds is 6. The van der Waals surface area contributed by atoms with Gasteiger partial charge in [0.25, 0.3) is 0 Å². The van der Waals surface area contributed by atoms with Crippen molar-refractivity contribution in [3.8, 4) is 0 Å². The Hall–Kier alpha value is -1.43. The molecule has 3 rings (SSSR count). The van der Waals surface area contributed by atoms with Gasteiger partial charge in [-0.1, -0.05) is 42.7 Å². The van der Waals surface area contributed by atoms with E-state index in [2.05, 4.69) is 34.2 Å². The van der Waals surface area contributed by atoms with Crippen LogP contribution in [0.4, 0.5) is 0 Å². The molecule has 5 heteroatoms. The van der Waals surface area contributed by atoms with Gasteiger partial charge in [-0.05, 0) is 51.3 Å². The van der Waals surface area contributed by atoms with Gasteiger partial charge in [-0.15, -0.1) is 0 Å². The van der Waals surface area contributed by atoms with Crippen molar-refractivity contribution in [2.45, 2.75) is 51.0 Å². The SMILES string of the molecule is Cc1ccc(C2(O)CCN(CCNC(=O)CN3CCCCCC3)CC2)cc1. The molecule has 0 saturated carbocycles. The standard InChI is InChI=1S/C22H35N3O2/c1-19-6-8-20(9-7-19)22(27)10-15-24(16-11-22)17-12-23-21(26)18-25-13-4-2-3-5-14-25/h6-9,27H,2-5,10-18H2,1H3,(H,23,26). The smallest absolute Gasteiger partial charge is 0.234 e. The van der Waals surface area contributed by atoms with Gasteiger partial charge in [-0.25, -0.2) is 0 Å². The van der Waals surface area contributed by atoms with E-state index < -0.39 is 5.60 Å². The van der Waals surface area contributed by atoms with Crippen molar-refractivity contribution in [1.82, 2.24) is 15.1 Å². The van der Waals surface area contributed by atoms with E-state index in [1.165, 1.54) is 31.2 Å². The van der Waals surface area contributed by atoms with Crippen LogP contribution in [-0.2, 0) is 10.4 Å². The van der Waals surface area contributed by atoms with Crippen molar-refractivity contribution in [2.75, 3.05) is 45.8 Å². The molecule has 2 N–H and O–H groups in total. The molecule has 150 valence electrons. The summed E-state index contributed by atoms with van der Waals surface area (Å²) in [6, 6.07) is 8.24. The third-order valence-electron chi connectivity index (χ3n) is 6.09. The average Bonchev–Trinajstić information content (AvgIpc) is 2.92. The first kappa shape index (κ1) is 20.3. The Morgan fingerprint density at radius 3 is 2.26 bits per heavy atom. The maximum atomic E-state index is 12.2. The van der Waals surface area contributed by atoms with Gasteiger partial charge in [0.1, 0.15) is 0 Å². The molecule has 0 unspecified atom stereocenters. The molecule has 0 spiro atoms. The van der Waals surface area contributed by atoms with Crippen molar-refractivity contribution >= 4 is 5.91 Å². The maximum Gasteiger partial charge on any atom is 0.234 e. The average molecular weight is 374 g/mol. The second-order valence-corrected chi connectivity index (χ2v) is 8.28. The molecule has 2 aliphatic rings. The molecule has 0 aliphatic carbocycles. The summed E-state index contributed by atoms with van der Waals surface area (Å²) >= 11 is 0. The molecule has 0 bridgehead atoms. The van der Waals surface area contributed by atoms with Crippen LogP contribution >= 0.6 is 0 Å². The first-order chi connectivity index (χ1) is 13.0. The third kappa shape index (κ3) is 6.03. The van der Waals surface area contributed by atoms with Gasteiger partial charge in [0.05, 0.1) is 12.1 Å². The van der Waals surface area contributed by atoms with Crippen molar-refractivity contribution in [3.63, 3.8) is 0 Å². The molecule has 1 aromatic rings. The molecule has 27 heavy (non-hydrogen) atoms. The van der Waals surface area contributed by atoms with Crippen LogP contribution in [-0.4, -0.2) is 66.6 Å². The van der Waals surface area contributed by atoms with Crippen LogP contribution in [0.2, 0.25) is 0 Å². The molecule has 0 aromatic heterocycles. The number of hydrogen-bond donors (Lipinski definition) is 2. The molecule has 0 atom stereocenters. The van der Waals surface area contributed by atoms with Crippen LogP contribution in [0.25, 0.3) is 0 Å². The quantitative estimate of drug-likeness (QED) is 0.803. The Kier molecular flexibility index (Phi) is 7.27. The van der Waals surface area contributed by atoms with E-state index in [9.17, 15) is 9.90 Å². The monoisotopic (exact) mass is 373 g/mol. The first-order valence-corrected chi connectivity index (χ1v) is 10.6. The largest absolute Gasteiger partial charge is 0.385 e. The van der Waals surface area contributed by atoms with E-state index in [-0.39, 0.29) is 5.91 Å². The van der Waals surface area contributed by atoms with Gasteiger partial charge < -0.3 is 15.3 Å². The van der Waals surface area contributed by atoms with E-state index >= 15 is 0 Å². The van der Waals surface area contributed by atoms with Crippen LogP contribution in [0.5, 0.6) is 0 Å². The molecule has 0 radical (unpaired) electrons. The predicted octanol–water partition coefficient (Wildman–Crippen LogP) is 2.27. The highest BCUT2D eigenvalue weighted by molar-refractivity contribution is 5.78. The zero-order chi connectivity index (χ0) is 19.1. The van der Waals surface area contributed by atoms with Crippen LogP contribution in [0, 0.1) is 6.92 Å². The Labute approximate surface area is 163 Å². The fourth-order valence-electron chi connectivity index (χ4n) is 4.21. The predicted molar refractivity (Wildman–Crippen MR) is 109 cm³/mol. The van der Waals surface area contributed by atoms with Gasteiger partial charge in [-0.3, -0.25) is 9.69 Å². The lowest BCUT2D eigenvalue weighted by molar-refractivity contribution is -0.122. The Bertz CT molecular complexity index is 586. The summed E-state index contributed by atoms with van der Waals surface area (Å²) in [5, 5.41) is 14.0.